The average molecular weight is 552 g/mol. The molecule has 4 rings (SSSR count). The third-order valence-electron chi connectivity index (χ3n) is 5.58. The smallest absolute Gasteiger partial charge is 0.272 e. The number of ether oxygens (including phenoxy) is 1. The molecular formula is C32H29N3O4S. The molecule has 0 aliphatic rings. The van der Waals surface area contributed by atoms with Crippen molar-refractivity contribution in [3.8, 4) is 5.75 Å². The number of rotatable bonds is 11. The van der Waals surface area contributed by atoms with Crippen LogP contribution in [0.1, 0.15) is 22.8 Å². The summed E-state index contributed by atoms with van der Waals surface area (Å²) < 4.78 is 5.56. The predicted octanol–water partition coefficient (Wildman–Crippen LogP) is 6.23. The van der Waals surface area contributed by atoms with Crippen molar-refractivity contribution in [3.63, 3.8) is 0 Å². The molecule has 7 nitrogen and oxygen atoms in total. The van der Waals surface area contributed by atoms with Gasteiger partial charge in [0.25, 0.3) is 11.8 Å². The Morgan fingerprint density at radius 3 is 2.12 bits per heavy atom. The van der Waals surface area contributed by atoms with E-state index in [4.69, 9.17) is 4.74 Å². The van der Waals surface area contributed by atoms with Gasteiger partial charge in [-0.3, -0.25) is 14.4 Å². The van der Waals surface area contributed by atoms with E-state index in [2.05, 4.69) is 16.0 Å². The molecule has 0 aliphatic heterocycles. The van der Waals surface area contributed by atoms with Crippen LogP contribution in [0.3, 0.4) is 0 Å². The number of nitrogens with one attached hydrogen (secondary N) is 3. The number of benzene rings is 4. The SMILES string of the molecule is CCOc1ccccc1NC(=O)CSc1ccc(NC(=O)/C(=C/c2ccccc2)NC(=O)c2ccccc2)cc1. The highest BCUT2D eigenvalue weighted by molar-refractivity contribution is 8.00. The normalized spacial score (nSPS) is 10.9. The molecule has 0 fully saturated rings. The molecule has 4 aromatic carbocycles. The summed E-state index contributed by atoms with van der Waals surface area (Å²) in [5.41, 5.74) is 2.52. The first-order chi connectivity index (χ1) is 19.5. The lowest BCUT2D eigenvalue weighted by atomic mass is 10.1. The minimum Gasteiger partial charge on any atom is -0.492 e. The molecule has 3 N–H and O–H groups in total. The largest absolute Gasteiger partial charge is 0.492 e. The molecule has 0 radical (unpaired) electrons. The maximum absolute atomic E-state index is 13.2. The molecule has 0 atom stereocenters. The number of anilines is 2. The molecule has 0 aliphatic carbocycles. The van der Waals surface area contributed by atoms with Crippen molar-refractivity contribution in [2.45, 2.75) is 11.8 Å². The molecule has 8 heteroatoms. The number of para-hydroxylation sites is 2. The maximum atomic E-state index is 13.2. The van der Waals surface area contributed by atoms with Crippen LogP contribution in [0.5, 0.6) is 5.75 Å². The van der Waals surface area contributed by atoms with Crippen LogP contribution in [0.25, 0.3) is 6.08 Å². The van der Waals surface area contributed by atoms with E-state index < -0.39 is 5.91 Å². The van der Waals surface area contributed by atoms with Crippen molar-refractivity contribution in [1.82, 2.24) is 5.32 Å². The molecule has 0 saturated carbocycles. The van der Waals surface area contributed by atoms with Crippen LogP contribution < -0.4 is 20.7 Å². The lowest BCUT2D eigenvalue weighted by Gasteiger charge is -2.12. The van der Waals surface area contributed by atoms with Crippen LogP contribution in [0.15, 0.2) is 120 Å². The van der Waals surface area contributed by atoms with Crippen molar-refractivity contribution in [2.75, 3.05) is 23.0 Å². The number of carbonyl (C=O) groups is 3. The molecule has 0 bridgehead atoms. The van der Waals surface area contributed by atoms with E-state index >= 15 is 0 Å². The van der Waals surface area contributed by atoms with E-state index in [1.165, 1.54) is 11.8 Å². The lowest BCUT2D eigenvalue weighted by Crippen LogP contribution is -2.30. The van der Waals surface area contributed by atoms with Gasteiger partial charge in [-0.1, -0.05) is 60.7 Å². The zero-order valence-electron chi connectivity index (χ0n) is 21.9. The lowest BCUT2D eigenvalue weighted by molar-refractivity contribution is -0.114. The van der Waals surface area contributed by atoms with E-state index in [0.717, 1.165) is 10.5 Å². The molecule has 0 saturated heterocycles. The highest BCUT2D eigenvalue weighted by atomic mass is 32.2. The highest BCUT2D eigenvalue weighted by Gasteiger charge is 2.15. The van der Waals surface area contributed by atoms with Crippen LogP contribution >= 0.6 is 11.8 Å². The fraction of sp³-hybridized carbons (Fsp3) is 0.0938. The van der Waals surface area contributed by atoms with Crippen LogP contribution in [0, 0.1) is 0 Å². The summed E-state index contributed by atoms with van der Waals surface area (Å²) in [6.07, 6.45) is 1.63. The van der Waals surface area contributed by atoms with Crippen molar-refractivity contribution >= 4 is 46.9 Å². The number of hydrogen-bond donors (Lipinski definition) is 3. The summed E-state index contributed by atoms with van der Waals surface area (Å²) in [7, 11) is 0. The second-order valence-corrected chi connectivity index (χ2v) is 9.58. The fourth-order valence-electron chi connectivity index (χ4n) is 3.68. The molecule has 40 heavy (non-hydrogen) atoms. The van der Waals surface area contributed by atoms with Gasteiger partial charge in [-0.15, -0.1) is 11.8 Å². The van der Waals surface area contributed by atoms with E-state index in [-0.39, 0.29) is 23.3 Å². The molecule has 3 amide bonds. The quantitative estimate of drug-likeness (QED) is 0.152. The molecule has 202 valence electrons. The minimum atomic E-state index is -0.458. The molecule has 0 aromatic heterocycles. The van der Waals surface area contributed by atoms with Crippen molar-refractivity contribution in [2.24, 2.45) is 0 Å². The Bertz CT molecular complexity index is 1470. The first-order valence-electron chi connectivity index (χ1n) is 12.7. The second-order valence-electron chi connectivity index (χ2n) is 8.53. The highest BCUT2D eigenvalue weighted by Crippen LogP contribution is 2.25. The van der Waals surface area contributed by atoms with Gasteiger partial charge >= 0.3 is 0 Å². The van der Waals surface area contributed by atoms with Crippen molar-refractivity contribution in [1.29, 1.82) is 0 Å². The monoisotopic (exact) mass is 551 g/mol. The van der Waals surface area contributed by atoms with Crippen molar-refractivity contribution < 1.29 is 19.1 Å². The Balaban J connectivity index is 1.37. The first-order valence-corrected chi connectivity index (χ1v) is 13.7. The summed E-state index contributed by atoms with van der Waals surface area (Å²) in [5.74, 6) is -0.155. The van der Waals surface area contributed by atoms with Crippen LogP contribution in [0.2, 0.25) is 0 Å². The Morgan fingerprint density at radius 1 is 0.775 bits per heavy atom. The van der Waals surface area contributed by atoms with Gasteiger partial charge in [0.1, 0.15) is 11.4 Å². The predicted molar refractivity (Wildman–Crippen MR) is 160 cm³/mol. The molecule has 0 heterocycles. The van der Waals surface area contributed by atoms with Gasteiger partial charge < -0.3 is 20.7 Å². The topological polar surface area (TPSA) is 96.5 Å². The summed E-state index contributed by atoms with van der Waals surface area (Å²) in [6, 6.07) is 32.4. The van der Waals surface area contributed by atoms with Crippen LogP contribution in [-0.4, -0.2) is 30.1 Å². The number of thioether (sulfide) groups is 1. The van der Waals surface area contributed by atoms with Gasteiger partial charge in [0.15, 0.2) is 0 Å². The van der Waals surface area contributed by atoms with E-state index in [0.29, 0.717) is 29.3 Å². The fourth-order valence-corrected chi connectivity index (χ4v) is 4.38. The molecule has 0 unspecified atom stereocenters. The summed E-state index contributed by atoms with van der Waals surface area (Å²) >= 11 is 1.37. The van der Waals surface area contributed by atoms with E-state index in [9.17, 15) is 14.4 Å². The summed E-state index contributed by atoms with van der Waals surface area (Å²) in [4.78, 5) is 39.3. The standard InChI is InChI=1S/C32H29N3O4S/c1-2-39-29-16-10-9-15-27(29)34-30(36)22-40-26-19-17-25(18-20-26)33-32(38)28(21-23-11-5-3-6-12-23)35-31(37)24-13-7-4-8-14-24/h3-21H,2,22H2,1H3,(H,33,38)(H,34,36)(H,35,37)/b28-21-. The van der Waals surface area contributed by atoms with Crippen LogP contribution in [-0.2, 0) is 9.59 Å². The average Bonchev–Trinajstić information content (AvgIpc) is 2.98. The van der Waals surface area contributed by atoms with Gasteiger partial charge in [0.2, 0.25) is 5.91 Å². The Hall–Kier alpha value is -4.82. The number of carbonyl (C=O) groups excluding carboxylic acids is 3. The third kappa shape index (κ3) is 8.34. The Morgan fingerprint density at radius 2 is 1.43 bits per heavy atom. The van der Waals surface area contributed by atoms with Gasteiger partial charge in [-0.25, -0.2) is 0 Å². The molecule has 4 aromatic rings. The third-order valence-corrected chi connectivity index (χ3v) is 6.59. The van der Waals surface area contributed by atoms with Gasteiger partial charge in [0.05, 0.1) is 18.0 Å². The number of hydrogen-bond acceptors (Lipinski definition) is 5. The number of amides is 3. The molecular weight excluding hydrogens is 522 g/mol. The first kappa shape index (κ1) is 28.2. The zero-order valence-corrected chi connectivity index (χ0v) is 22.7. The molecule has 0 spiro atoms. The maximum Gasteiger partial charge on any atom is 0.272 e. The van der Waals surface area contributed by atoms with Crippen LogP contribution in [0.4, 0.5) is 11.4 Å². The van der Waals surface area contributed by atoms with Crippen molar-refractivity contribution in [3.05, 3.63) is 126 Å². The van der Waals surface area contributed by atoms with E-state index in [1.807, 2.05) is 73.7 Å². The summed E-state index contributed by atoms with van der Waals surface area (Å²) in [6.45, 7) is 2.40. The Labute approximate surface area is 237 Å². The second kappa shape index (κ2) is 14.4. The van der Waals surface area contributed by atoms with Gasteiger partial charge in [-0.05, 0) is 67.1 Å². The van der Waals surface area contributed by atoms with E-state index in [1.54, 1.807) is 48.5 Å². The van der Waals surface area contributed by atoms with Gasteiger partial charge in [-0.2, -0.15) is 0 Å². The van der Waals surface area contributed by atoms with Gasteiger partial charge in [0, 0.05) is 16.1 Å². The summed E-state index contributed by atoms with van der Waals surface area (Å²) in [5, 5.41) is 8.45. The minimum absolute atomic E-state index is 0.113. The Kier molecular flexibility index (Phi) is 10.1. The zero-order chi connectivity index (χ0) is 28.2.